The summed E-state index contributed by atoms with van der Waals surface area (Å²) in [5.41, 5.74) is -0.409. The summed E-state index contributed by atoms with van der Waals surface area (Å²) in [6, 6.07) is 3.04. The molecule has 0 aliphatic carbocycles. The van der Waals surface area contributed by atoms with E-state index in [1.54, 1.807) is 0 Å². The molecule has 0 saturated heterocycles. The van der Waals surface area contributed by atoms with Crippen molar-refractivity contribution in [2.24, 2.45) is 0 Å². The number of ether oxygens (including phenoxy) is 1. The van der Waals surface area contributed by atoms with Crippen LogP contribution in [0.3, 0.4) is 0 Å². The molecule has 1 heterocycles. The third kappa shape index (κ3) is 1.56. The van der Waals surface area contributed by atoms with Crippen molar-refractivity contribution in [2.75, 3.05) is 7.11 Å². The normalized spacial score (nSPS) is 10.6. The molecule has 0 amide bonds. The van der Waals surface area contributed by atoms with Gasteiger partial charge in [-0.25, -0.2) is 8.78 Å². The Morgan fingerprint density at radius 1 is 1.27 bits per heavy atom. The number of pyridine rings is 1. The fourth-order valence-corrected chi connectivity index (χ4v) is 1.37. The molecule has 1 aromatic carbocycles. The van der Waals surface area contributed by atoms with Crippen LogP contribution in [0, 0.1) is 11.6 Å². The molecule has 0 aliphatic rings. The number of aromatic amines is 1. The summed E-state index contributed by atoms with van der Waals surface area (Å²) in [4.78, 5) is 13.6. The number of H-pyrrole nitrogens is 1. The van der Waals surface area contributed by atoms with Gasteiger partial charge in [0.25, 0.3) is 5.56 Å². The fourth-order valence-electron chi connectivity index (χ4n) is 1.37. The van der Waals surface area contributed by atoms with Crippen LogP contribution < -0.4 is 10.3 Å². The van der Waals surface area contributed by atoms with E-state index >= 15 is 0 Å². The molecule has 78 valence electrons. The molecular formula is C10H7F2NO2. The molecule has 1 N–H and O–H groups in total. The Balaban J connectivity index is 2.87. The van der Waals surface area contributed by atoms with E-state index in [2.05, 4.69) is 4.98 Å². The predicted molar refractivity (Wildman–Crippen MR) is 51.0 cm³/mol. The minimum atomic E-state index is -0.737. The number of hydrogen-bond donors (Lipinski definition) is 1. The lowest BCUT2D eigenvalue weighted by atomic mass is 10.2. The second kappa shape index (κ2) is 3.34. The Kier molecular flexibility index (Phi) is 2.15. The van der Waals surface area contributed by atoms with E-state index in [1.165, 1.54) is 13.2 Å². The molecule has 15 heavy (non-hydrogen) atoms. The minimum Gasteiger partial charge on any atom is -0.491 e. The molecule has 0 unspecified atom stereocenters. The largest absolute Gasteiger partial charge is 0.491 e. The number of methoxy groups -OCH3 is 1. The van der Waals surface area contributed by atoms with Crippen molar-refractivity contribution in [3.8, 4) is 5.75 Å². The second-order valence-electron chi connectivity index (χ2n) is 3.02. The van der Waals surface area contributed by atoms with Gasteiger partial charge < -0.3 is 9.72 Å². The van der Waals surface area contributed by atoms with Crippen LogP contribution in [0.2, 0.25) is 0 Å². The Labute approximate surface area is 83.3 Å². The number of aromatic nitrogens is 1. The Morgan fingerprint density at radius 3 is 2.67 bits per heavy atom. The first-order valence-electron chi connectivity index (χ1n) is 4.18. The lowest BCUT2D eigenvalue weighted by molar-refractivity contribution is 0.409. The van der Waals surface area contributed by atoms with E-state index in [9.17, 15) is 13.6 Å². The number of fused-ring (bicyclic) bond motifs is 1. The van der Waals surface area contributed by atoms with Crippen molar-refractivity contribution >= 4 is 10.9 Å². The van der Waals surface area contributed by atoms with E-state index in [0.29, 0.717) is 0 Å². The molecule has 0 atom stereocenters. The molecule has 2 rings (SSSR count). The van der Waals surface area contributed by atoms with Crippen LogP contribution in [0.1, 0.15) is 0 Å². The van der Waals surface area contributed by atoms with Crippen molar-refractivity contribution in [3.05, 3.63) is 40.2 Å². The minimum absolute atomic E-state index is 0.00647. The quantitative estimate of drug-likeness (QED) is 0.781. The van der Waals surface area contributed by atoms with Gasteiger partial charge in [-0.1, -0.05) is 0 Å². The summed E-state index contributed by atoms with van der Waals surface area (Å²) >= 11 is 0. The highest BCUT2D eigenvalue weighted by molar-refractivity contribution is 5.80. The average molecular weight is 211 g/mol. The summed E-state index contributed by atoms with van der Waals surface area (Å²) in [7, 11) is 1.30. The Bertz CT molecular complexity index is 577. The van der Waals surface area contributed by atoms with Crippen molar-refractivity contribution in [1.29, 1.82) is 0 Å². The van der Waals surface area contributed by atoms with E-state index in [4.69, 9.17) is 4.74 Å². The summed E-state index contributed by atoms with van der Waals surface area (Å²) in [6.07, 6.45) is 0. The van der Waals surface area contributed by atoms with Crippen molar-refractivity contribution in [2.45, 2.75) is 0 Å². The van der Waals surface area contributed by atoms with Gasteiger partial charge >= 0.3 is 0 Å². The van der Waals surface area contributed by atoms with Gasteiger partial charge in [-0.05, 0) is 12.1 Å². The topological polar surface area (TPSA) is 42.1 Å². The average Bonchev–Trinajstić information content (AvgIpc) is 2.16. The molecule has 0 bridgehead atoms. The Morgan fingerprint density at radius 2 is 2.00 bits per heavy atom. The maximum Gasteiger partial charge on any atom is 0.290 e. The summed E-state index contributed by atoms with van der Waals surface area (Å²) in [5, 5.41) is 0.118. The first kappa shape index (κ1) is 9.64. The smallest absolute Gasteiger partial charge is 0.290 e. The highest BCUT2D eigenvalue weighted by atomic mass is 19.1. The highest BCUT2D eigenvalue weighted by Crippen LogP contribution is 2.19. The van der Waals surface area contributed by atoms with E-state index in [-0.39, 0.29) is 16.7 Å². The van der Waals surface area contributed by atoms with Crippen LogP contribution >= 0.6 is 0 Å². The fraction of sp³-hybridized carbons (Fsp3) is 0.100. The molecule has 1 aromatic heterocycles. The monoisotopic (exact) mass is 211 g/mol. The van der Waals surface area contributed by atoms with Crippen molar-refractivity contribution in [1.82, 2.24) is 4.98 Å². The van der Waals surface area contributed by atoms with Crippen LogP contribution in [-0.2, 0) is 0 Å². The molecule has 0 fully saturated rings. The molecule has 5 heteroatoms. The number of halogens is 2. The number of nitrogens with one attached hydrogen (secondary N) is 1. The van der Waals surface area contributed by atoms with Gasteiger partial charge in [0, 0.05) is 11.5 Å². The molecule has 3 nitrogen and oxygen atoms in total. The second-order valence-corrected chi connectivity index (χ2v) is 3.02. The maximum atomic E-state index is 13.3. The maximum absolute atomic E-state index is 13.3. The SMILES string of the molecule is COc1cc2c(F)cc(F)cc2[nH]c1=O. The van der Waals surface area contributed by atoms with Crippen LogP contribution in [0.5, 0.6) is 5.75 Å². The molecule has 0 spiro atoms. The molecule has 2 aromatic rings. The molecule has 0 radical (unpaired) electrons. The highest BCUT2D eigenvalue weighted by Gasteiger charge is 2.08. The Hall–Kier alpha value is -1.91. The van der Waals surface area contributed by atoms with Gasteiger partial charge in [-0.15, -0.1) is 0 Å². The van der Waals surface area contributed by atoms with Crippen LogP contribution in [-0.4, -0.2) is 12.1 Å². The van der Waals surface area contributed by atoms with E-state index < -0.39 is 17.2 Å². The first-order valence-corrected chi connectivity index (χ1v) is 4.18. The van der Waals surface area contributed by atoms with Crippen LogP contribution in [0.25, 0.3) is 10.9 Å². The van der Waals surface area contributed by atoms with Gasteiger partial charge in [0.05, 0.1) is 12.6 Å². The van der Waals surface area contributed by atoms with Gasteiger partial charge in [-0.3, -0.25) is 4.79 Å². The summed E-state index contributed by atoms with van der Waals surface area (Å²) in [5.74, 6) is -1.48. The standard InChI is InChI=1S/C10H7F2NO2/c1-15-9-4-6-7(12)2-5(11)3-8(6)13-10(9)14/h2-4H,1H3,(H,13,14). The van der Waals surface area contributed by atoms with Crippen molar-refractivity contribution < 1.29 is 13.5 Å². The lowest BCUT2D eigenvalue weighted by Gasteiger charge is -2.03. The number of hydrogen-bond acceptors (Lipinski definition) is 2. The molecule has 0 aliphatic heterocycles. The van der Waals surface area contributed by atoms with Gasteiger partial charge in [0.1, 0.15) is 11.6 Å². The van der Waals surface area contributed by atoms with Gasteiger partial charge in [0.15, 0.2) is 5.75 Å². The van der Waals surface area contributed by atoms with Gasteiger partial charge in [0.2, 0.25) is 0 Å². The zero-order valence-electron chi connectivity index (χ0n) is 7.80. The number of benzene rings is 1. The predicted octanol–water partition coefficient (Wildman–Crippen LogP) is 1.81. The third-order valence-corrected chi connectivity index (χ3v) is 2.06. The molecular weight excluding hydrogens is 204 g/mol. The first-order chi connectivity index (χ1) is 7.11. The number of rotatable bonds is 1. The van der Waals surface area contributed by atoms with Crippen molar-refractivity contribution in [3.63, 3.8) is 0 Å². The zero-order valence-corrected chi connectivity index (χ0v) is 7.80. The summed E-state index contributed by atoms with van der Waals surface area (Å²) < 4.78 is 30.8. The van der Waals surface area contributed by atoms with Crippen LogP contribution in [0.15, 0.2) is 23.0 Å². The zero-order chi connectivity index (χ0) is 11.0. The van der Waals surface area contributed by atoms with E-state index in [1.807, 2.05) is 0 Å². The lowest BCUT2D eigenvalue weighted by Crippen LogP contribution is -2.09. The van der Waals surface area contributed by atoms with E-state index in [0.717, 1.165) is 12.1 Å². The van der Waals surface area contributed by atoms with Crippen LogP contribution in [0.4, 0.5) is 8.78 Å². The third-order valence-electron chi connectivity index (χ3n) is 2.06. The van der Waals surface area contributed by atoms with Gasteiger partial charge in [-0.2, -0.15) is 0 Å². The molecule has 0 saturated carbocycles. The summed E-state index contributed by atoms with van der Waals surface area (Å²) in [6.45, 7) is 0.